The highest BCUT2D eigenvalue weighted by molar-refractivity contribution is 5.26. The third-order valence-electron chi connectivity index (χ3n) is 0.707. The molecule has 0 amide bonds. The highest BCUT2D eigenvalue weighted by Gasteiger charge is 1.68. The Morgan fingerprint density at radius 1 is 1.00 bits per heavy atom. The molecule has 0 unspecified atom stereocenters. The lowest BCUT2D eigenvalue weighted by atomic mass is 10.3. The van der Waals surface area contributed by atoms with Crippen molar-refractivity contribution in [3.8, 4) is 0 Å². The van der Waals surface area contributed by atoms with E-state index < -0.39 is 0 Å². The van der Waals surface area contributed by atoms with E-state index in [0.717, 1.165) is 12.2 Å². The largest absolute Gasteiger partial charge is 0.231 e. The zero-order valence-electron chi connectivity index (χ0n) is 6.94. The van der Waals surface area contributed by atoms with E-state index in [1.54, 1.807) is 0 Å². The average molecular weight is 174 g/mol. The summed E-state index contributed by atoms with van der Waals surface area (Å²) < 4.78 is 0. The minimum absolute atomic E-state index is 0. The fourth-order valence-electron chi connectivity index (χ4n) is 0.354. The van der Waals surface area contributed by atoms with Gasteiger partial charge in [-0.2, -0.15) is 0 Å². The Bertz CT molecular complexity index is 98.2. The standard InChI is InChI=1S/C5H12.2CHNO.CH4/c1-3-5-4-2;2*2-1-3;/h3-5H2,1-2H3;2*2H;1H4. The van der Waals surface area contributed by atoms with Gasteiger partial charge in [0.1, 0.15) is 0 Å². The van der Waals surface area contributed by atoms with Crippen molar-refractivity contribution < 1.29 is 9.59 Å². The molecule has 0 rings (SSSR count). The molecule has 0 aliphatic carbocycles. The van der Waals surface area contributed by atoms with Gasteiger partial charge >= 0.3 is 0 Å². The van der Waals surface area contributed by atoms with Crippen LogP contribution in [0.3, 0.4) is 0 Å². The Morgan fingerprint density at radius 2 is 1.17 bits per heavy atom. The maximum atomic E-state index is 8.35. The maximum absolute atomic E-state index is 8.35. The third kappa shape index (κ3) is 913. The predicted molar refractivity (Wildman–Crippen MR) is 48.8 cm³/mol. The number of rotatable bonds is 2. The first-order valence-electron chi connectivity index (χ1n) is 3.32. The number of carbonyl (C=O) groups excluding carboxylic acids is 2. The maximum Gasteiger partial charge on any atom is 0.231 e. The second-order valence-electron chi connectivity index (χ2n) is 1.56. The van der Waals surface area contributed by atoms with Gasteiger partial charge < -0.3 is 0 Å². The fraction of sp³-hybridized carbons (Fsp3) is 0.750. The monoisotopic (exact) mass is 174 g/mol. The van der Waals surface area contributed by atoms with Crippen LogP contribution in [0.15, 0.2) is 0 Å². The molecule has 72 valence electrons. The molecule has 4 heteroatoms. The van der Waals surface area contributed by atoms with Gasteiger partial charge in [0.2, 0.25) is 12.2 Å². The van der Waals surface area contributed by atoms with Crippen LogP contribution in [0, 0.1) is 10.8 Å². The molecule has 0 aromatic carbocycles. The summed E-state index contributed by atoms with van der Waals surface area (Å²) >= 11 is 0. The molecule has 0 atom stereocenters. The smallest absolute Gasteiger partial charge is 0.222 e. The molecule has 0 aromatic rings. The van der Waals surface area contributed by atoms with Crippen LogP contribution >= 0.6 is 0 Å². The van der Waals surface area contributed by atoms with E-state index in [0.29, 0.717) is 0 Å². The highest BCUT2D eigenvalue weighted by Crippen LogP contribution is 1.88. The topological polar surface area (TPSA) is 81.8 Å². The zero-order chi connectivity index (χ0) is 9.54. The summed E-state index contributed by atoms with van der Waals surface area (Å²) in [6.07, 6.45) is 5.58. The second kappa shape index (κ2) is 53.0. The van der Waals surface area contributed by atoms with E-state index in [2.05, 4.69) is 13.8 Å². The van der Waals surface area contributed by atoms with E-state index >= 15 is 0 Å². The minimum Gasteiger partial charge on any atom is -0.222 e. The van der Waals surface area contributed by atoms with Crippen LogP contribution in [0.1, 0.15) is 40.5 Å². The van der Waals surface area contributed by atoms with Crippen molar-refractivity contribution in [3.05, 3.63) is 0 Å². The van der Waals surface area contributed by atoms with Gasteiger partial charge in [-0.25, -0.2) is 20.4 Å². The van der Waals surface area contributed by atoms with Gasteiger partial charge in [-0.1, -0.05) is 40.5 Å². The van der Waals surface area contributed by atoms with Crippen LogP contribution in [0.2, 0.25) is 0 Å². The molecule has 4 nitrogen and oxygen atoms in total. The molecule has 0 heterocycles. The SMILES string of the molecule is C.CCCCC.N=C=O.N=C=O. The minimum atomic E-state index is 0. The molecule has 2 N–H and O–H groups in total. The zero-order valence-corrected chi connectivity index (χ0v) is 6.94. The molecule has 0 radical (unpaired) electrons. The predicted octanol–water partition coefficient (Wildman–Crippen LogP) is 2.63. The summed E-state index contributed by atoms with van der Waals surface area (Å²) in [6, 6.07) is 0. The van der Waals surface area contributed by atoms with E-state index in [-0.39, 0.29) is 7.43 Å². The molecular formula is C8H18N2O2. The molecule has 12 heavy (non-hydrogen) atoms. The molecule has 0 saturated heterocycles. The quantitative estimate of drug-likeness (QED) is 0.498. The lowest BCUT2D eigenvalue weighted by molar-refractivity contribution is 0.562. The van der Waals surface area contributed by atoms with Crippen molar-refractivity contribution >= 4 is 12.2 Å². The average Bonchev–Trinajstić information content (AvgIpc) is 1.92. The van der Waals surface area contributed by atoms with Gasteiger partial charge in [-0.15, -0.1) is 0 Å². The van der Waals surface area contributed by atoms with Crippen molar-refractivity contribution in [2.75, 3.05) is 0 Å². The molecular weight excluding hydrogens is 156 g/mol. The summed E-state index contributed by atoms with van der Waals surface area (Å²) in [5.74, 6) is 0. The Labute approximate surface area is 74.0 Å². The Hall–Kier alpha value is -1.24. The second-order valence-corrected chi connectivity index (χ2v) is 1.56. The first kappa shape index (κ1) is 22.4. The van der Waals surface area contributed by atoms with Gasteiger partial charge in [-0.3, -0.25) is 0 Å². The number of hydrogen-bond donors (Lipinski definition) is 2. The van der Waals surface area contributed by atoms with Crippen molar-refractivity contribution in [2.45, 2.75) is 40.5 Å². The molecule has 0 fully saturated rings. The number of isocyanates is 2. The van der Waals surface area contributed by atoms with Crippen molar-refractivity contribution in [1.29, 1.82) is 10.8 Å². The number of unbranched alkanes of at least 4 members (excludes halogenated alkanes) is 2. The first-order chi connectivity index (χ1) is 5.24. The van der Waals surface area contributed by atoms with Crippen molar-refractivity contribution in [1.82, 2.24) is 0 Å². The van der Waals surface area contributed by atoms with E-state index in [9.17, 15) is 0 Å². The van der Waals surface area contributed by atoms with Crippen LogP contribution in [0.5, 0.6) is 0 Å². The van der Waals surface area contributed by atoms with Gasteiger partial charge in [0, 0.05) is 0 Å². The molecule has 0 bridgehead atoms. The summed E-state index contributed by atoms with van der Waals surface area (Å²) in [6.45, 7) is 4.42. The molecule has 0 aliphatic rings. The van der Waals surface area contributed by atoms with Crippen LogP contribution < -0.4 is 0 Å². The summed E-state index contributed by atoms with van der Waals surface area (Å²) in [7, 11) is 0. The summed E-state index contributed by atoms with van der Waals surface area (Å²) in [5, 5.41) is 10.8. The van der Waals surface area contributed by atoms with Gasteiger partial charge in [0.05, 0.1) is 0 Å². The lowest BCUT2D eigenvalue weighted by Crippen LogP contribution is -1.59. The van der Waals surface area contributed by atoms with E-state index in [4.69, 9.17) is 20.4 Å². The van der Waals surface area contributed by atoms with Gasteiger partial charge in [-0.05, 0) is 0 Å². The fourth-order valence-corrected chi connectivity index (χ4v) is 0.354. The van der Waals surface area contributed by atoms with Gasteiger partial charge in [0.25, 0.3) is 0 Å². The summed E-state index contributed by atoms with van der Waals surface area (Å²) in [5.41, 5.74) is 0. The Morgan fingerprint density at radius 3 is 1.17 bits per heavy atom. The van der Waals surface area contributed by atoms with Crippen LogP contribution in [-0.2, 0) is 9.59 Å². The van der Waals surface area contributed by atoms with E-state index in [1.807, 2.05) is 0 Å². The van der Waals surface area contributed by atoms with Crippen LogP contribution in [0.4, 0.5) is 0 Å². The molecule has 0 spiro atoms. The van der Waals surface area contributed by atoms with Crippen molar-refractivity contribution in [2.24, 2.45) is 0 Å². The van der Waals surface area contributed by atoms with E-state index in [1.165, 1.54) is 19.3 Å². The van der Waals surface area contributed by atoms with Gasteiger partial charge in [0.15, 0.2) is 0 Å². The Balaban J connectivity index is -0.0000000406. The van der Waals surface area contributed by atoms with Crippen molar-refractivity contribution in [3.63, 3.8) is 0 Å². The van der Waals surface area contributed by atoms with Crippen LogP contribution in [0.25, 0.3) is 0 Å². The third-order valence-corrected chi connectivity index (χ3v) is 0.707. The van der Waals surface area contributed by atoms with Crippen LogP contribution in [-0.4, -0.2) is 12.2 Å². The molecule has 0 aromatic heterocycles. The highest BCUT2D eigenvalue weighted by atomic mass is 16.1. The number of nitrogens with one attached hydrogen (secondary N) is 2. The number of hydrogen-bond acceptors (Lipinski definition) is 4. The molecule has 0 aliphatic heterocycles. The summed E-state index contributed by atoms with van der Waals surface area (Å²) in [4.78, 5) is 16.7. The Kier molecular flexibility index (Phi) is 99.0. The molecule has 0 saturated carbocycles. The lowest BCUT2D eigenvalue weighted by Gasteiger charge is -1.79. The first-order valence-corrected chi connectivity index (χ1v) is 3.32. The normalized spacial score (nSPS) is 4.83.